The molecule has 0 spiro atoms. The lowest BCUT2D eigenvalue weighted by Gasteiger charge is -2.30. The second kappa shape index (κ2) is 11.6. The van der Waals surface area contributed by atoms with Gasteiger partial charge in [-0.05, 0) is 71.0 Å². The van der Waals surface area contributed by atoms with Crippen molar-refractivity contribution < 1.29 is 23.1 Å². The van der Waals surface area contributed by atoms with Gasteiger partial charge in [0.2, 0.25) is 0 Å². The van der Waals surface area contributed by atoms with E-state index >= 15 is 0 Å². The molecule has 1 atom stereocenters. The second-order valence-electron chi connectivity index (χ2n) is 9.24. The first-order chi connectivity index (χ1) is 15.0. The lowest BCUT2D eigenvalue weighted by Crippen LogP contribution is -2.35. The fourth-order valence-electron chi connectivity index (χ4n) is 3.88. The van der Waals surface area contributed by atoms with E-state index in [9.17, 15) is 13.2 Å². The molecule has 0 heterocycles. The monoisotopic (exact) mass is 572 g/mol. The lowest BCUT2D eigenvalue weighted by atomic mass is 9.76. The number of sulfone groups is 1. The van der Waals surface area contributed by atoms with Crippen molar-refractivity contribution >= 4 is 38.4 Å². The van der Waals surface area contributed by atoms with Gasteiger partial charge in [-0.2, -0.15) is 0 Å². The highest BCUT2D eigenvalue weighted by Crippen LogP contribution is 2.35. The summed E-state index contributed by atoms with van der Waals surface area (Å²) in [4.78, 5) is 13.3. The predicted octanol–water partition coefficient (Wildman–Crippen LogP) is 4.90. The van der Waals surface area contributed by atoms with Gasteiger partial charge in [0.15, 0.2) is 9.84 Å². The number of benzene rings is 2. The van der Waals surface area contributed by atoms with Crippen molar-refractivity contribution in [1.29, 1.82) is 0 Å². The van der Waals surface area contributed by atoms with Crippen LogP contribution in [0.3, 0.4) is 0 Å². The third kappa shape index (κ3) is 8.15. The molecule has 0 aliphatic heterocycles. The molecule has 2 aromatic rings. The van der Waals surface area contributed by atoms with E-state index in [1.807, 2.05) is 75.4 Å². The van der Waals surface area contributed by atoms with Crippen molar-refractivity contribution in [3.63, 3.8) is 0 Å². The smallest absolute Gasteiger partial charge is 0.316 e. The molecule has 0 aliphatic rings. The topological polar surface area (TPSA) is 80.7 Å². The Morgan fingerprint density at radius 1 is 1.03 bits per heavy atom. The summed E-state index contributed by atoms with van der Waals surface area (Å²) in [5.41, 5.74) is 0.540. The van der Waals surface area contributed by atoms with E-state index < -0.39 is 20.7 Å². The number of carbonyl (C=O) groups is 1. The van der Waals surface area contributed by atoms with Gasteiger partial charge in [0.1, 0.15) is 6.61 Å². The van der Waals surface area contributed by atoms with Crippen molar-refractivity contribution in [1.82, 2.24) is 0 Å². The summed E-state index contributed by atoms with van der Waals surface area (Å²) in [6.07, 6.45) is 1.86. The van der Waals surface area contributed by atoms with Gasteiger partial charge in [-0.3, -0.25) is 4.79 Å². The molecule has 2 aromatic carbocycles. The van der Waals surface area contributed by atoms with Crippen LogP contribution in [-0.4, -0.2) is 37.6 Å². The van der Waals surface area contributed by atoms with Gasteiger partial charge in [0.25, 0.3) is 0 Å². The Bertz CT molecular complexity index is 988. The van der Waals surface area contributed by atoms with Crippen molar-refractivity contribution in [2.45, 2.75) is 52.1 Å². The largest absolute Gasteiger partial charge is 0.460 e. The molecule has 0 bridgehead atoms. The summed E-state index contributed by atoms with van der Waals surface area (Å²) in [5.74, 6) is -0.490. The second-order valence-corrected chi connectivity index (χ2v) is 12.7. The summed E-state index contributed by atoms with van der Waals surface area (Å²) >= 11 is 2.23. The molecule has 0 radical (unpaired) electrons. The van der Waals surface area contributed by atoms with Crippen LogP contribution in [0.2, 0.25) is 0 Å². The molecule has 2 rings (SSSR count). The molecular formula is C25H33IO5S. The average molecular weight is 573 g/mol. The number of ether oxygens (including phenoxy) is 1. The number of halogens is 1. The van der Waals surface area contributed by atoms with Crippen LogP contribution in [0.4, 0.5) is 0 Å². The zero-order chi connectivity index (χ0) is 23.8. The highest BCUT2D eigenvalue weighted by molar-refractivity contribution is 14.1. The fourth-order valence-corrected chi connectivity index (χ4v) is 6.18. The fraction of sp³-hybridized carbons (Fsp3) is 0.480. The molecule has 5 nitrogen and oxygen atoms in total. The normalized spacial score (nSPS) is 14.0. The average Bonchev–Trinajstić information content (AvgIpc) is 2.71. The van der Waals surface area contributed by atoms with Crippen LogP contribution in [0.25, 0.3) is 0 Å². The van der Waals surface area contributed by atoms with Gasteiger partial charge in [0, 0.05) is 3.57 Å². The van der Waals surface area contributed by atoms with Crippen LogP contribution in [-0.2, 0) is 31.4 Å². The van der Waals surface area contributed by atoms with E-state index in [4.69, 9.17) is 9.84 Å². The van der Waals surface area contributed by atoms with Gasteiger partial charge >= 0.3 is 5.97 Å². The van der Waals surface area contributed by atoms with E-state index in [0.29, 0.717) is 19.3 Å². The van der Waals surface area contributed by atoms with Crippen LogP contribution in [0.15, 0.2) is 54.6 Å². The molecule has 1 unspecified atom stereocenters. The van der Waals surface area contributed by atoms with Crippen LogP contribution in [0, 0.1) is 8.99 Å². The van der Waals surface area contributed by atoms with Gasteiger partial charge in [-0.15, -0.1) is 0 Å². The minimum atomic E-state index is -3.31. The van der Waals surface area contributed by atoms with Crippen molar-refractivity contribution in [2.75, 3.05) is 18.1 Å². The molecule has 7 heteroatoms. The van der Waals surface area contributed by atoms with Crippen molar-refractivity contribution in [3.05, 3.63) is 69.3 Å². The first-order valence-corrected chi connectivity index (χ1v) is 13.7. The van der Waals surface area contributed by atoms with Gasteiger partial charge in [-0.1, -0.05) is 62.7 Å². The Morgan fingerprint density at radius 2 is 1.72 bits per heavy atom. The molecule has 0 aliphatic carbocycles. The summed E-state index contributed by atoms with van der Waals surface area (Å²) in [6, 6.07) is 17.5. The van der Waals surface area contributed by atoms with Crippen LogP contribution in [0.1, 0.15) is 51.2 Å². The van der Waals surface area contributed by atoms with E-state index in [1.54, 1.807) is 0 Å². The Labute approximate surface area is 205 Å². The van der Waals surface area contributed by atoms with Crippen LogP contribution in [0.5, 0.6) is 0 Å². The van der Waals surface area contributed by atoms with Crippen LogP contribution < -0.4 is 0 Å². The van der Waals surface area contributed by atoms with Gasteiger partial charge < -0.3 is 9.84 Å². The molecular weight excluding hydrogens is 539 g/mol. The zero-order valence-corrected chi connectivity index (χ0v) is 22.0. The number of hydrogen-bond acceptors (Lipinski definition) is 5. The van der Waals surface area contributed by atoms with E-state index in [1.165, 1.54) is 0 Å². The molecule has 0 aromatic heterocycles. The summed E-state index contributed by atoms with van der Waals surface area (Å²) in [6.45, 7) is 5.58. The molecule has 1 N–H and O–H groups in total. The van der Waals surface area contributed by atoms with Gasteiger partial charge in [-0.25, -0.2) is 8.42 Å². The number of rotatable bonds is 12. The number of hydrogen-bond donors (Lipinski definition) is 1. The predicted molar refractivity (Wildman–Crippen MR) is 136 cm³/mol. The Morgan fingerprint density at radius 3 is 2.34 bits per heavy atom. The summed E-state index contributed by atoms with van der Waals surface area (Å²) in [5, 5.41) is 8.99. The first-order valence-electron chi connectivity index (χ1n) is 10.8. The van der Waals surface area contributed by atoms with E-state index in [0.717, 1.165) is 14.7 Å². The van der Waals surface area contributed by atoms with E-state index in [-0.39, 0.29) is 30.7 Å². The highest BCUT2D eigenvalue weighted by Gasteiger charge is 2.37. The maximum atomic E-state index is 13.3. The Balaban J connectivity index is 2.14. The SMILES string of the molecule is CC(C)(CCCC(C)(C(=O)OCc1ccccc1)c1cccc(I)c1)CS(=O)(=O)CCO. The van der Waals surface area contributed by atoms with E-state index in [2.05, 4.69) is 22.6 Å². The molecule has 32 heavy (non-hydrogen) atoms. The third-order valence-electron chi connectivity index (χ3n) is 5.67. The standard InChI is InChI=1S/C25H33IO5S/c1-24(2,19-32(29,30)16-15-27)13-8-14-25(3,21-11-7-12-22(26)17-21)23(28)31-18-20-9-5-4-6-10-20/h4-7,9-12,17,27H,8,13-16,18-19H2,1-3H3. The lowest BCUT2D eigenvalue weighted by molar-refractivity contribution is -0.151. The summed E-state index contributed by atoms with van der Waals surface area (Å²) < 4.78 is 31.1. The number of carbonyl (C=O) groups excluding carboxylic acids is 1. The quantitative estimate of drug-likeness (QED) is 0.289. The number of aliphatic hydroxyl groups excluding tert-OH is 1. The first kappa shape index (κ1) is 26.8. The minimum absolute atomic E-state index is 0.0129. The third-order valence-corrected chi connectivity index (χ3v) is 8.37. The van der Waals surface area contributed by atoms with Crippen molar-refractivity contribution in [2.24, 2.45) is 5.41 Å². The molecule has 0 saturated heterocycles. The van der Waals surface area contributed by atoms with Gasteiger partial charge in [0.05, 0.1) is 23.5 Å². The summed E-state index contributed by atoms with van der Waals surface area (Å²) in [7, 11) is -3.31. The van der Waals surface area contributed by atoms with Crippen molar-refractivity contribution in [3.8, 4) is 0 Å². The maximum Gasteiger partial charge on any atom is 0.316 e. The highest BCUT2D eigenvalue weighted by atomic mass is 127. The zero-order valence-electron chi connectivity index (χ0n) is 19.0. The maximum absolute atomic E-state index is 13.3. The van der Waals surface area contributed by atoms with Crippen LogP contribution >= 0.6 is 22.6 Å². The molecule has 0 amide bonds. The minimum Gasteiger partial charge on any atom is -0.460 e. The Kier molecular flexibility index (Phi) is 9.72. The number of esters is 1. The molecule has 0 fully saturated rings. The Hall–Kier alpha value is -1.45. The molecule has 0 saturated carbocycles. The molecule has 176 valence electrons. The number of aliphatic hydroxyl groups is 1.